The zero-order chi connectivity index (χ0) is 21.2. The highest BCUT2D eigenvalue weighted by Gasteiger charge is 2.18. The molecule has 7 heteroatoms. The molecule has 0 bridgehead atoms. The number of hydrogen-bond acceptors (Lipinski definition) is 7. The fourth-order valence-electron chi connectivity index (χ4n) is 2.38. The highest BCUT2D eigenvalue weighted by atomic mass is 16.5. The molecular weight excluding hydrogens is 376 g/mol. The molecule has 0 atom stereocenters. The fourth-order valence-corrected chi connectivity index (χ4v) is 2.38. The maximum absolute atomic E-state index is 12.3. The van der Waals surface area contributed by atoms with E-state index in [2.05, 4.69) is 11.8 Å². The van der Waals surface area contributed by atoms with Gasteiger partial charge in [0.15, 0.2) is 0 Å². The van der Waals surface area contributed by atoms with E-state index in [0.717, 1.165) is 0 Å². The van der Waals surface area contributed by atoms with E-state index in [4.69, 9.17) is 23.7 Å². The number of Topliss-reactive ketones (excluding diaryl/α,β-unsaturated/α-hetero) is 2. The topological polar surface area (TPSA) is 80.3 Å². The maximum atomic E-state index is 12.3. The Bertz CT molecular complexity index is 893. The molecule has 152 valence electrons. The third kappa shape index (κ3) is 6.26. The molecule has 0 spiro atoms. The molecule has 0 fully saturated rings. The summed E-state index contributed by atoms with van der Waals surface area (Å²) in [5.41, 5.74) is 0.847. The van der Waals surface area contributed by atoms with Crippen LogP contribution in [0.5, 0.6) is 23.0 Å². The van der Waals surface area contributed by atoms with Crippen LogP contribution in [0.3, 0.4) is 0 Å². The number of ketones is 2. The Kier molecular flexibility index (Phi) is 8.07. The molecule has 7 nitrogen and oxygen atoms in total. The van der Waals surface area contributed by atoms with Crippen LogP contribution in [0.25, 0.3) is 0 Å². The lowest BCUT2D eigenvalue weighted by Gasteiger charge is -2.07. The molecule has 0 aliphatic carbocycles. The number of carbonyl (C=O) groups excluding carboxylic acids is 2. The molecule has 0 aliphatic rings. The molecule has 2 rings (SSSR count). The van der Waals surface area contributed by atoms with E-state index < -0.39 is 11.6 Å². The van der Waals surface area contributed by atoms with Crippen molar-refractivity contribution >= 4 is 11.6 Å². The maximum Gasteiger partial charge on any atom is 0.231 e. The van der Waals surface area contributed by atoms with Crippen LogP contribution in [0.15, 0.2) is 36.4 Å². The summed E-state index contributed by atoms with van der Waals surface area (Å²) in [5, 5.41) is 0. The Balaban J connectivity index is 1.94. The van der Waals surface area contributed by atoms with E-state index in [1.54, 1.807) is 38.5 Å². The second-order valence-electron chi connectivity index (χ2n) is 5.75. The van der Waals surface area contributed by atoms with Gasteiger partial charge >= 0.3 is 0 Å². The molecule has 0 saturated heterocycles. The third-order valence-corrected chi connectivity index (χ3v) is 3.86. The predicted molar refractivity (Wildman–Crippen MR) is 106 cm³/mol. The van der Waals surface area contributed by atoms with Crippen molar-refractivity contribution in [2.45, 2.75) is 0 Å². The fraction of sp³-hybridized carbons (Fsp3) is 0.273. The molecular formula is C22H22O7. The number of rotatable bonds is 9. The van der Waals surface area contributed by atoms with Crippen LogP contribution >= 0.6 is 0 Å². The highest BCUT2D eigenvalue weighted by Crippen LogP contribution is 2.23. The van der Waals surface area contributed by atoms with Crippen LogP contribution in [0.2, 0.25) is 0 Å². The summed E-state index contributed by atoms with van der Waals surface area (Å²) < 4.78 is 25.8. The molecule has 0 radical (unpaired) electrons. The summed E-state index contributed by atoms with van der Waals surface area (Å²) in [6.07, 6.45) is 0. The number of hydrogen-bond donors (Lipinski definition) is 0. The van der Waals surface area contributed by atoms with Gasteiger partial charge in [0.1, 0.15) is 36.2 Å². The summed E-state index contributed by atoms with van der Waals surface area (Å²) in [6.45, 7) is -0.394. The first-order valence-corrected chi connectivity index (χ1v) is 8.61. The lowest BCUT2D eigenvalue weighted by atomic mass is 10.1. The minimum Gasteiger partial charge on any atom is -0.497 e. The van der Waals surface area contributed by atoms with Crippen molar-refractivity contribution in [1.82, 2.24) is 0 Å². The first-order valence-electron chi connectivity index (χ1n) is 8.61. The standard InChI is InChI=1S/C22H22O7/c1-25-17-8-15(9-18(12-17)26-2)6-5-7-29-14-21(23)22(24)16-10-19(27-3)13-20(11-16)28-4/h8-13H,7,14H2,1-4H3. The van der Waals surface area contributed by atoms with E-state index in [1.807, 2.05) is 0 Å². The van der Waals surface area contributed by atoms with Gasteiger partial charge in [-0.15, -0.1) is 0 Å². The van der Waals surface area contributed by atoms with Gasteiger partial charge in [-0.3, -0.25) is 9.59 Å². The minimum atomic E-state index is -0.690. The number of carbonyl (C=O) groups is 2. The molecule has 29 heavy (non-hydrogen) atoms. The van der Waals surface area contributed by atoms with Gasteiger partial charge in [0.2, 0.25) is 11.6 Å². The molecule has 0 aromatic heterocycles. The molecule has 2 aromatic carbocycles. The summed E-state index contributed by atoms with van der Waals surface area (Å²) >= 11 is 0. The quantitative estimate of drug-likeness (QED) is 0.278. The number of benzene rings is 2. The Morgan fingerprint density at radius 3 is 1.72 bits per heavy atom. The second-order valence-corrected chi connectivity index (χ2v) is 5.75. The van der Waals surface area contributed by atoms with Crippen LogP contribution in [0, 0.1) is 11.8 Å². The van der Waals surface area contributed by atoms with Crippen LogP contribution in [0.1, 0.15) is 15.9 Å². The predicted octanol–water partition coefficient (Wildman–Crippen LogP) is 2.54. The van der Waals surface area contributed by atoms with Crippen LogP contribution in [0.4, 0.5) is 0 Å². The average molecular weight is 398 g/mol. The highest BCUT2D eigenvalue weighted by molar-refractivity contribution is 6.44. The van der Waals surface area contributed by atoms with Gasteiger partial charge in [-0.2, -0.15) is 0 Å². The van der Waals surface area contributed by atoms with Gasteiger partial charge in [0.25, 0.3) is 0 Å². The summed E-state index contributed by atoms with van der Waals surface area (Å²) in [6, 6.07) is 9.79. The van der Waals surface area contributed by atoms with Crippen molar-refractivity contribution in [3.8, 4) is 34.8 Å². The van der Waals surface area contributed by atoms with Crippen molar-refractivity contribution in [1.29, 1.82) is 0 Å². The zero-order valence-electron chi connectivity index (χ0n) is 16.7. The van der Waals surface area contributed by atoms with E-state index >= 15 is 0 Å². The van der Waals surface area contributed by atoms with E-state index in [-0.39, 0.29) is 18.8 Å². The molecule has 0 heterocycles. The SMILES string of the molecule is COc1cc(C#CCOCC(=O)C(=O)c2cc(OC)cc(OC)c2)cc(OC)c1. The minimum absolute atomic E-state index is 0.0139. The summed E-state index contributed by atoms with van der Waals surface area (Å²) in [4.78, 5) is 24.4. The van der Waals surface area contributed by atoms with E-state index in [0.29, 0.717) is 28.6 Å². The van der Waals surface area contributed by atoms with Crippen molar-refractivity contribution in [2.24, 2.45) is 0 Å². The number of ether oxygens (including phenoxy) is 5. The lowest BCUT2D eigenvalue weighted by Crippen LogP contribution is -2.20. The van der Waals surface area contributed by atoms with E-state index in [9.17, 15) is 9.59 Å². The molecule has 0 saturated carbocycles. The Morgan fingerprint density at radius 1 is 0.759 bits per heavy atom. The second kappa shape index (κ2) is 10.7. The van der Waals surface area contributed by atoms with Gasteiger partial charge < -0.3 is 23.7 Å². The molecule has 0 unspecified atom stereocenters. The largest absolute Gasteiger partial charge is 0.497 e. The van der Waals surface area contributed by atoms with E-state index in [1.165, 1.54) is 26.4 Å². The monoisotopic (exact) mass is 398 g/mol. The summed E-state index contributed by atoms with van der Waals surface area (Å²) in [5.74, 6) is 6.37. The number of methoxy groups -OCH3 is 4. The zero-order valence-corrected chi connectivity index (χ0v) is 16.7. The van der Waals surface area contributed by atoms with Gasteiger partial charge in [0, 0.05) is 23.3 Å². The normalized spacial score (nSPS) is 9.79. The molecule has 0 N–H and O–H groups in total. The van der Waals surface area contributed by atoms with Gasteiger partial charge in [-0.1, -0.05) is 11.8 Å². The van der Waals surface area contributed by atoms with Crippen LogP contribution in [-0.4, -0.2) is 53.2 Å². The van der Waals surface area contributed by atoms with Gasteiger partial charge in [-0.25, -0.2) is 0 Å². The van der Waals surface area contributed by atoms with Crippen molar-refractivity contribution in [2.75, 3.05) is 41.7 Å². The molecule has 0 amide bonds. The third-order valence-electron chi connectivity index (χ3n) is 3.86. The van der Waals surface area contributed by atoms with Gasteiger partial charge in [-0.05, 0) is 24.3 Å². The Morgan fingerprint density at radius 2 is 1.24 bits per heavy atom. The molecule has 0 aliphatic heterocycles. The van der Waals surface area contributed by atoms with Crippen molar-refractivity contribution in [3.63, 3.8) is 0 Å². The van der Waals surface area contributed by atoms with Crippen LogP contribution in [-0.2, 0) is 9.53 Å². The average Bonchev–Trinajstić information content (AvgIpc) is 2.77. The lowest BCUT2D eigenvalue weighted by molar-refractivity contribution is -0.118. The first kappa shape index (κ1) is 21.8. The summed E-state index contributed by atoms with van der Waals surface area (Å²) in [7, 11) is 6.03. The van der Waals surface area contributed by atoms with Crippen molar-refractivity contribution < 1.29 is 33.3 Å². The first-order chi connectivity index (χ1) is 14.0. The van der Waals surface area contributed by atoms with Gasteiger partial charge in [0.05, 0.1) is 28.4 Å². The van der Waals surface area contributed by atoms with Crippen LogP contribution < -0.4 is 18.9 Å². The van der Waals surface area contributed by atoms with Crippen molar-refractivity contribution in [3.05, 3.63) is 47.5 Å². The smallest absolute Gasteiger partial charge is 0.231 e. The molecule has 2 aromatic rings. The Hall–Kier alpha value is -3.50. The Labute approximate surface area is 169 Å².